The third-order valence-corrected chi connectivity index (χ3v) is 6.53. The third kappa shape index (κ3) is 4.92. The Bertz CT molecular complexity index is 1240. The molecule has 3 aromatic heterocycles. The zero-order chi connectivity index (χ0) is 22.0. The number of rotatable bonds is 6. The van der Waals surface area contributed by atoms with Gasteiger partial charge in [0.05, 0.1) is 4.88 Å². The van der Waals surface area contributed by atoms with Crippen molar-refractivity contribution >= 4 is 46.9 Å². The Balaban J connectivity index is 1.47. The summed E-state index contributed by atoms with van der Waals surface area (Å²) in [6.07, 6.45) is 0. The Morgan fingerprint density at radius 1 is 1.19 bits per heavy atom. The van der Waals surface area contributed by atoms with E-state index in [4.69, 9.17) is 12.2 Å². The van der Waals surface area contributed by atoms with E-state index in [1.54, 1.807) is 22.8 Å². The van der Waals surface area contributed by atoms with E-state index in [2.05, 4.69) is 25.5 Å². The average Bonchev–Trinajstić information content (AvgIpc) is 3.37. The second-order valence-corrected chi connectivity index (χ2v) is 9.30. The molecule has 10 heteroatoms. The molecule has 2 N–H and O–H groups in total. The molecule has 4 aromatic rings. The van der Waals surface area contributed by atoms with Crippen LogP contribution in [0, 0.1) is 18.6 Å². The van der Waals surface area contributed by atoms with E-state index in [0.717, 1.165) is 21.2 Å². The Hall–Kier alpha value is -2.82. The Kier molecular flexibility index (Phi) is 6.30. The molecule has 0 aliphatic heterocycles. The van der Waals surface area contributed by atoms with Crippen LogP contribution in [-0.4, -0.2) is 30.6 Å². The number of hydrogen-bond donors (Lipinski definition) is 2. The number of nitrogens with zero attached hydrogens (tertiary/aromatic N) is 4. The molecule has 0 bridgehead atoms. The number of thiophene rings is 1. The normalized spacial score (nSPS) is 12.0. The van der Waals surface area contributed by atoms with Crippen molar-refractivity contribution < 1.29 is 4.79 Å². The van der Waals surface area contributed by atoms with Gasteiger partial charge in [-0.05, 0) is 86.5 Å². The van der Waals surface area contributed by atoms with Crippen LogP contribution in [0.15, 0.2) is 57.9 Å². The Morgan fingerprint density at radius 3 is 2.55 bits per heavy atom. The van der Waals surface area contributed by atoms with Gasteiger partial charge in [0.2, 0.25) is 5.91 Å². The molecular weight excluding hydrogens is 448 g/mol. The molecule has 0 spiro atoms. The first-order valence-corrected chi connectivity index (χ1v) is 11.6. The number of carbonyl (C=O) groups is 1. The molecule has 4 rings (SSSR count). The van der Waals surface area contributed by atoms with Crippen LogP contribution in [0.3, 0.4) is 0 Å². The fraction of sp³-hybridized carbons (Fsp3) is 0.190. The van der Waals surface area contributed by atoms with Gasteiger partial charge in [-0.25, -0.2) is 9.97 Å². The number of aryl methyl sites for hydroxylation is 2. The fourth-order valence-electron chi connectivity index (χ4n) is 3.06. The van der Waals surface area contributed by atoms with Gasteiger partial charge in [-0.2, -0.15) is 5.10 Å². The summed E-state index contributed by atoms with van der Waals surface area (Å²) in [4.78, 5) is 23.7. The van der Waals surface area contributed by atoms with Crippen molar-refractivity contribution in [3.63, 3.8) is 0 Å². The monoisotopic (exact) mass is 468 g/mol. The first-order chi connectivity index (χ1) is 14.9. The molecule has 0 fully saturated rings. The lowest BCUT2D eigenvalue weighted by atomic mass is 10.2. The molecule has 0 aliphatic carbocycles. The maximum absolute atomic E-state index is 12.9. The van der Waals surface area contributed by atoms with Crippen molar-refractivity contribution in [1.29, 1.82) is 0 Å². The highest BCUT2D eigenvalue weighted by Crippen LogP contribution is 2.28. The summed E-state index contributed by atoms with van der Waals surface area (Å²) < 4.78 is 2.14. The molecule has 158 valence electrons. The summed E-state index contributed by atoms with van der Waals surface area (Å²) in [7, 11) is 0. The molecule has 1 amide bonds. The lowest BCUT2D eigenvalue weighted by molar-refractivity contribution is -0.118. The van der Waals surface area contributed by atoms with E-state index in [-0.39, 0.29) is 5.91 Å². The summed E-state index contributed by atoms with van der Waals surface area (Å²) >= 11 is 8.39. The van der Waals surface area contributed by atoms with Crippen LogP contribution in [0.1, 0.15) is 24.4 Å². The maximum atomic E-state index is 12.9. The minimum absolute atomic E-state index is 0.173. The van der Waals surface area contributed by atoms with Gasteiger partial charge >= 0.3 is 0 Å². The first-order valence-electron chi connectivity index (χ1n) is 9.52. The summed E-state index contributed by atoms with van der Waals surface area (Å²) in [6.45, 7) is 5.71. The lowest BCUT2D eigenvalue weighted by Gasteiger charge is -2.15. The molecule has 0 radical (unpaired) electrons. The van der Waals surface area contributed by atoms with E-state index >= 15 is 0 Å². The number of H-pyrrole nitrogens is 1. The number of benzene rings is 1. The van der Waals surface area contributed by atoms with E-state index in [1.807, 2.05) is 61.7 Å². The van der Waals surface area contributed by atoms with Crippen LogP contribution in [-0.2, 0) is 4.79 Å². The molecule has 1 aromatic carbocycles. The highest BCUT2D eigenvalue weighted by Gasteiger charge is 2.21. The highest BCUT2D eigenvalue weighted by molar-refractivity contribution is 7.99. The van der Waals surface area contributed by atoms with Gasteiger partial charge in [-0.3, -0.25) is 14.5 Å². The van der Waals surface area contributed by atoms with E-state index < -0.39 is 6.04 Å². The van der Waals surface area contributed by atoms with Gasteiger partial charge < -0.3 is 5.32 Å². The summed E-state index contributed by atoms with van der Waals surface area (Å²) in [5.41, 5.74) is 2.58. The van der Waals surface area contributed by atoms with E-state index in [0.29, 0.717) is 21.4 Å². The highest BCUT2D eigenvalue weighted by atomic mass is 32.2. The molecule has 1 unspecified atom stereocenters. The minimum atomic E-state index is -0.527. The molecule has 0 aliphatic rings. The Morgan fingerprint density at radius 2 is 1.90 bits per heavy atom. The van der Waals surface area contributed by atoms with E-state index in [9.17, 15) is 4.79 Å². The second-order valence-electron chi connectivity index (χ2n) is 6.92. The van der Waals surface area contributed by atoms with Gasteiger partial charge in [0.25, 0.3) is 0 Å². The van der Waals surface area contributed by atoms with Crippen LogP contribution < -0.4 is 5.32 Å². The molecular formula is C21H20N6OS3. The zero-order valence-electron chi connectivity index (χ0n) is 17.1. The Labute approximate surface area is 193 Å². The second kappa shape index (κ2) is 9.13. The van der Waals surface area contributed by atoms with Crippen molar-refractivity contribution in [3.8, 4) is 10.7 Å². The summed E-state index contributed by atoms with van der Waals surface area (Å²) in [6, 6.07) is 12.9. The quantitative estimate of drug-likeness (QED) is 0.290. The smallest absolute Gasteiger partial charge is 0.247 e. The van der Waals surface area contributed by atoms with Gasteiger partial charge in [0.15, 0.2) is 15.8 Å². The number of anilines is 1. The number of amides is 1. The van der Waals surface area contributed by atoms with Gasteiger partial charge in [0.1, 0.15) is 6.04 Å². The van der Waals surface area contributed by atoms with Gasteiger partial charge in [-0.1, -0.05) is 6.07 Å². The predicted molar refractivity (Wildman–Crippen MR) is 126 cm³/mol. The number of aromatic nitrogens is 5. The topological polar surface area (TPSA) is 88.5 Å². The average molecular weight is 469 g/mol. The predicted octanol–water partition coefficient (Wildman–Crippen LogP) is 5.43. The van der Waals surface area contributed by atoms with Crippen molar-refractivity contribution in [1.82, 2.24) is 24.7 Å². The van der Waals surface area contributed by atoms with Gasteiger partial charge in [0, 0.05) is 22.0 Å². The largest absolute Gasteiger partial charge is 0.324 e. The van der Waals surface area contributed by atoms with Crippen LogP contribution in [0.4, 0.5) is 5.69 Å². The van der Waals surface area contributed by atoms with Crippen LogP contribution in [0.25, 0.3) is 10.7 Å². The molecule has 0 saturated carbocycles. The first kappa shape index (κ1) is 21.4. The number of hydrogen-bond acceptors (Lipinski definition) is 7. The standard InChI is InChI=1S/C21H20N6OS3/c1-12-11-13(2)23-20(22-12)31-16-8-6-15(7-9-16)24-19(28)14(3)27-18(25-26-21(27)29)17-5-4-10-30-17/h4-11,14H,1-3H3,(H,24,28)(H,26,29). The number of nitrogens with one attached hydrogen (secondary N) is 2. The lowest BCUT2D eigenvalue weighted by Crippen LogP contribution is -2.24. The van der Waals surface area contributed by atoms with Crippen molar-refractivity contribution in [2.75, 3.05) is 5.32 Å². The summed E-state index contributed by atoms with van der Waals surface area (Å²) in [5.74, 6) is 0.483. The molecule has 31 heavy (non-hydrogen) atoms. The molecule has 1 atom stereocenters. The van der Waals surface area contributed by atoms with Crippen molar-refractivity contribution in [3.05, 3.63) is 64.0 Å². The molecule has 7 nitrogen and oxygen atoms in total. The molecule has 3 heterocycles. The number of carbonyl (C=O) groups excluding carboxylic acids is 1. The SMILES string of the molecule is Cc1cc(C)nc(Sc2ccc(NC(=O)C(C)n3c(-c4cccs4)n[nH]c3=S)cc2)n1. The van der Waals surface area contributed by atoms with Crippen LogP contribution in [0.5, 0.6) is 0 Å². The van der Waals surface area contributed by atoms with Crippen molar-refractivity contribution in [2.45, 2.75) is 36.9 Å². The van der Waals surface area contributed by atoms with E-state index in [1.165, 1.54) is 11.8 Å². The van der Waals surface area contributed by atoms with Gasteiger partial charge in [-0.15, -0.1) is 11.3 Å². The fourth-order valence-corrected chi connectivity index (χ4v) is 4.92. The zero-order valence-corrected chi connectivity index (χ0v) is 19.6. The van der Waals surface area contributed by atoms with Crippen LogP contribution >= 0.6 is 35.3 Å². The molecule has 0 saturated heterocycles. The number of aromatic amines is 1. The van der Waals surface area contributed by atoms with Crippen LogP contribution in [0.2, 0.25) is 0 Å². The van der Waals surface area contributed by atoms with Crippen molar-refractivity contribution in [2.24, 2.45) is 0 Å². The maximum Gasteiger partial charge on any atom is 0.247 e. The minimum Gasteiger partial charge on any atom is -0.324 e. The summed E-state index contributed by atoms with van der Waals surface area (Å²) in [5, 5.41) is 12.7. The third-order valence-electron chi connectivity index (χ3n) is 4.51.